The first-order valence-electron chi connectivity index (χ1n) is 6.22. The third kappa shape index (κ3) is 2.58. The minimum absolute atomic E-state index is 0.284. The molecule has 104 valence electrons. The van der Waals surface area contributed by atoms with Crippen LogP contribution < -0.4 is 14.8 Å². The predicted octanol–water partition coefficient (Wildman–Crippen LogP) is 4.75. The lowest BCUT2D eigenvalue weighted by Crippen LogP contribution is -2.02. The largest absolute Gasteiger partial charge is 0.454 e. The highest BCUT2D eigenvalue weighted by molar-refractivity contribution is 9.10. The molecule has 1 aliphatic rings. The van der Waals surface area contributed by atoms with Gasteiger partial charge in [0.05, 0.1) is 5.69 Å². The van der Waals surface area contributed by atoms with Gasteiger partial charge in [0.15, 0.2) is 11.5 Å². The monoisotopic (exact) mass is 353 g/mol. The van der Waals surface area contributed by atoms with Crippen LogP contribution in [0.2, 0.25) is 5.02 Å². The molecule has 0 aliphatic carbocycles. The van der Waals surface area contributed by atoms with Crippen LogP contribution in [0, 0.1) is 6.92 Å². The number of ether oxygens (including phenoxy) is 2. The SMILES string of the molecule is Cc1cc(Br)c(NCc2cccc3c2OCO3)cc1Cl. The Labute approximate surface area is 131 Å². The second kappa shape index (κ2) is 5.54. The highest BCUT2D eigenvalue weighted by Crippen LogP contribution is 2.36. The minimum atomic E-state index is 0.284. The third-order valence-corrected chi connectivity index (χ3v) is 4.26. The van der Waals surface area contributed by atoms with Gasteiger partial charge in [-0.1, -0.05) is 23.7 Å². The van der Waals surface area contributed by atoms with Crippen LogP contribution in [0.15, 0.2) is 34.8 Å². The molecule has 0 amide bonds. The zero-order chi connectivity index (χ0) is 14.1. The number of para-hydroxylation sites is 1. The Morgan fingerprint density at radius 1 is 1.30 bits per heavy atom. The van der Waals surface area contributed by atoms with Crippen molar-refractivity contribution in [3.8, 4) is 11.5 Å². The summed E-state index contributed by atoms with van der Waals surface area (Å²) in [7, 11) is 0. The maximum Gasteiger partial charge on any atom is 0.231 e. The van der Waals surface area contributed by atoms with Crippen molar-refractivity contribution in [2.24, 2.45) is 0 Å². The molecule has 0 radical (unpaired) electrons. The van der Waals surface area contributed by atoms with E-state index in [2.05, 4.69) is 21.2 Å². The van der Waals surface area contributed by atoms with Crippen molar-refractivity contribution in [3.63, 3.8) is 0 Å². The van der Waals surface area contributed by atoms with Crippen LogP contribution in [0.4, 0.5) is 5.69 Å². The van der Waals surface area contributed by atoms with Crippen LogP contribution in [0.5, 0.6) is 11.5 Å². The van der Waals surface area contributed by atoms with Gasteiger partial charge in [0, 0.05) is 21.6 Å². The molecule has 1 aliphatic heterocycles. The summed E-state index contributed by atoms with van der Waals surface area (Å²) in [5.74, 6) is 1.61. The van der Waals surface area contributed by atoms with Gasteiger partial charge in [0.1, 0.15) is 0 Å². The van der Waals surface area contributed by atoms with E-state index in [0.29, 0.717) is 6.54 Å². The Hall–Kier alpha value is -1.39. The predicted molar refractivity (Wildman–Crippen MR) is 83.8 cm³/mol. The summed E-state index contributed by atoms with van der Waals surface area (Å²) in [6, 6.07) is 9.80. The molecule has 1 N–H and O–H groups in total. The standard InChI is InChI=1S/C15H13BrClNO2/c1-9-5-11(16)13(6-12(9)17)18-7-10-3-2-4-14-15(10)20-8-19-14/h2-6,18H,7-8H2,1H3. The molecule has 2 aromatic carbocycles. The molecule has 3 nitrogen and oxygen atoms in total. The zero-order valence-electron chi connectivity index (χ0n) is 10.9. The van der Waals surface area contributed by atoms with Crippen molar-refractivity contribution in [2.75, 3.05) is 12.1 Å². The van der Waals surface area contributed by atoms with Gasteiger partial charge in [-0.2, -0.15) is 0 Å². The normalized spacial score (nSPS) is 12.6. The van der Waals surface area contributed by atoms with E-state index in [4.69, 9.17) is 21.1 Å². The van der Waals surface area contributed by atoms with E-state index in [1.165, 1.54) is 0 Å². The highest BCUT2D eigenvalue weighted by atomic mass is 79.9. The second-order valence-corrected chi connectivity index (χ2v) is 5.85. The van der Waals surface area contributed by atoms with Crippen molar-refractivity contribution in [1.82, 2.24) is 0 Å². The summed E-state index contributed by atoms with van der Waals surface area (Å²) < 4.78 is 11.9. The molecule has 0 saturated heterocycles. The Balaban J connectivity index is 1.81. The average molecular weight is 355 g/mol. The molecule has 20 heavy (non-hydrogen) atoms. The number of halogens is 2. The van der Waals surface area contributed by atoms with Crippen molar-refractivity contribution >= 4 is 33.2 Å². The van der Waals surface area contributed by atoms with E-state index in [0.717, 1.165) is 37.8 Å². The lowest BCUT2D eigenvalue weighted by atomic mass is 10.1. The van der Waals surface area contributed by atoms with Crippen molar-refractivity contribution in [1.29, 1.82) is 0 Å². The fraction of sp³-hybridized carbons (Fsp3) is 0.200. The number of fused-ring (bicyclic) bond motifs is 1. The van der Waals surface area contributed by atoms with E-state index in [9.17, 15) is 0 Å². The molecular weight excluding hydrogens is 342 g/mol. The van der Waals surface area contributed by atoms with Crippen molar-refractivity contribution < 1.29 is 9.47 Å². The molecule has 0 saturated carbocycles. The summed E-state index contributed by atoms with van der Waals surface area (Å²) in [5, 5.41) is 4.10. The van der Waals surface area contributed by atoms with Crippen molar-refractivity contribution in [2.45, 2.75) is 13.5 Å². The molecule has 0 unspecified atom stereocenters. The number of rotatable bonds is 3. The maximum absolute atomic E-state index is 6.16. The van der Waals surface area contributed by atoms with Gasteiger partial charge >= 0.3 is 0 Å². The topological polar surface area (TPSA) is 30.5 Å². The fourth-order valence-electron chi connectivity index (χ4n) is 2.10. The Bertz CT molecular complexity index is 661. The number of hydrogen-bond acceptors (Lipinski definition) is 3. The zero-order valence-corrected chi connectivity index (χ0v) is 13.2. The number of nitrogens with one attached hydrogen (secondary N) is 1. The van der Waals surface area contributed by atoms with Crippen LogP contribution in [-0.2, 0) is 6.54 Å². The molecular formula is C15H13BrClNO2. The molecule has 1 heterocycles. The first-order chi connectivity index (χ1) is 9.65. The maximum atomic E-state index is 6.16. The molecule has 0 fully saturated rings. The lowest BCUT2D eigenvalue weighted by Gasteiger charge is -2.12. The fourth-order valence-corrected chi connectivity index (χ4v) is 2.86. The van der Waals surface area contributed by atoms with Gasteiger partial charge in [0.2, 0.25) is 6.79 Å². The van der Waals surface area contributed by atoms with Gasteiger partial charge in [-0.3, -0.25) is 0 Å². The summed E-state index contributed by atoms with van der Waals surface area (Å²) in [6.45, 7) is 2.91. The molecule has 0 atom stereocenters. The lowest BCUT2D eigenvalue weighted by molar-refractivity contribution is 0.173. The summed E-state index contributed by atoms with van der Waals surface area (Å²) in [5.41, 5.74) is 3.06. The minimum Gasteiger partial charge on any atom is -0.454 e. The van der Waals surface area contributed by atoms with E-state index in [1.54, 1.807) is 0 Å². The highest BCUT2D eigenvalue weighted by Gasteiger charge is 2.17. The van der Waals surface area contributed by atoms with Gasteiger partial charge in [-0.15, -0.1) is 0 Å². The smallest absolute Gasteiger partial charge is 0.231 e. The number of anilines is 1. The van der Waals surface area contributed by atoms with E-state index >= 15 is 0 Å². The van der Waals surface area contributed by atoms with Gasteiger partial charge in [-0.25, -0.2) is 0 Å². The van der Waals surface area contributed by atoms with E-state index < -0.39 is 0 Å². The van der Waals surface area contributed by atoms with Crippen LogP contribution >= 0.6 is 27.5 Å². The molecule has 0 bridgehead atoms. The number of hydrogen-bond donors (Lipinski definition) is 1. The summed E-state index contributed by atoms with van der Waals surface area (Å²) >= 11 is 9.70. The van der Waals surface area contributed by atoms with Crippen LogP contribution in [-0.4, -0.2) is 6.79 Å². The second-order valence-electron chi connectivity index (χ2n) is 4.59. The van der Waals surface area contributed by atoms with Crippen molar-refractivity contribution in [3.05, 3.63) is 51.0 Å². The first-order valence-corrected chi connectivity index (χ1v) is 7.39. The van der Waals surface area contributed by atoms with Gasteiger partial charge < -0.3 is 14.8 Å². The van der Waals surface area contributed by atoms with E-state index in [-0.39, 0.29) is 6.79 Å². The number of benzene rings is 2. The quantitative estimate of drug-likeness (QED) is 0.862. The molecule has 2 aromatic rings. The Morgan fingerprint density at radius 3 is 3.00 bits per heavy atom. The average Bonchev–Trinajstić information content (AvgIpc) is 2.90. The van der Waals surface area contributed by atoms with E-state index in [1.807, 2.05) is 37.3 Å². The Morgan fingerprint density at radius 2 is 2.15 bits per heavy atom. The summed E-state index contributed by atoms with van der Waals surface area (Å²) in [4.78, 5) is 0. The van der Waals surface area contributed by atoms with Crippen LogP contribution in [0.3, 0.4) is 0 Å². The van der Waals surface area contributed by atoms with Gasteiger partial charge in [0.25, 0.3) is 0 Å². The van der Waals surface area contributed by atoms with Gasteiger partial charge in [-0.05, 0) is 46.6 Å². The Kier molecular flexibility index (Phi) is 3.76. The van der Waals surface area contributed by atoms with Crippen LogP contribution in [0.25, 0.3) is 0 Å². The third-order valence-electron chi connectivity index (χ3n) is 3.20. The first kappa shape index (κ1) is 13.6. The molecule has 5 heteroatoms. The molecule has 3 rings (SSSR count). The summed E-state index contributed by atoms with van der Waals surface area (Å²) in [6.07, 6.45) is 0. The molecule has 0 spiro atoms. The number of aryl methyl sites for hydroxylation is 1. The van der Waals surface area contributed by atoms with Crippen LogP contribution in [0.1, 0.15) is 11.1 Å². The molecule has 0 aromatic heterocycles.